The number of nitrogens with one attached hydrogen (secondary N) is 1. The Kier molecular flexibility index (Phi) is 4.17. The smallest absolute Gasteiger partial charge is 0.224 e. The molecule has 0 fully saturated rings. The average molecular weight is 337 g/mol. The van der Waals surface area contributed by atoms with E-state index in [1.807, 2.05) is 29.6 Å². The monoisotopic (exact) mass is 336 g/mol. The molecular weight excluding hydrogens is 327 g/mol. The lowest BCUT2D eigenvalue weighted by atomic mass is 10.2. The highest BCUT2D eigenvalue weighted by atomic mass is 35.5. The molecule has 1 N–H and O–H groups in total. The Hall–Kier alpha value is -2.25. The summed E-state index contributed by atoms with van der Waals surface area (Å²) >= 11 is 7.00. The molecule has 0 amide bonds. The second kappa shape index (κ2) is 6.25. The predicted molar refractivity (Wildman–Crippen MR) is 84.4 cm³/mol. The molecule has 5 nitrogen and oxygen atoms in total. The minimum atomic E-state index is -0.592. The SMILES string of the molecule is COc1ccc(-c2csc(Nc3nc(Cl)ncc3F)n2)cc1. The van der Waals surface area contributed by atoms with Gasteiger partial charge < -0.3 is 10.1 Å². The van der Waals surface area contributed by atoms with Gasteiger partial charge in [-0.05, 0) is 35.9 Å². The molecule has 0 spiro atoms. The van der Waals surface area contributed by atoms with Crippen LogP contribution in [0, 0.1) is 5.82 Å². The number of thiazole rings is 1. The molecule has 2 heterocycles. The Labute approximate surface area is 134 Å². The maximum absolute atomic E-state index is 13.6. The number of ether oxygens (including phenoxy) is 1. The van der Waals surface area contributed by atoms with Crippen molar-refractivity contribution < 1.29 is 9.13 Å². The van der Waals surface area contributed by atoms with Gasteiger partial charge in [-0.25, -0.2) is 14.4 Å². The molecule has 0 atom stereocenters. The van der Waals surface area contributed by atoms with Crippen molar-refractivity contribution in [3.05, 3.63) is 46.9 Å². The van der Waals surface area contributed by atoms with E-state index >= 15 is 0 Å². The molecule has 3 aromatic rings. The van der Waals surface area contributed by atoms with E-state index < -0.39 is 5.82 Å². The molecule has 3 rings (SSSR count). The molecule has 0 saturated heterocycles. The van der Waals surface area contributed by atoms with Crippen LogP contribution in [0.25, 0.3) is 11.3 Å². The van der Waals surface area contributed by atoms with Gasteiger partial charge in [0.1, 0.15) is 5.75 Å². The lowest BCUT2D eigenvalue weighted by Gasteiger charge is -2.03. The number of aromatic nitrogens is 3. The number of nitrogens with zero attached hydrogens (tertiary/aromatic N) is 3. The zero-order valence-corrected chi connectivity index (χ0v) is 13.0. The van der Waals surface area contributed by atoms with Crippen LogP contribution in [0.3, 0.4) is 0 Å². The van der Waals surface area contributed by atoms with Crippen molar-refractivity contribution in [3.63, 3.8) is 0 Å². The lowest BCUT2D eigenvalue weighted by Crippen LogP contribution is -1.98. The van der Waals surface area contributed by atoms with Crippen LogP contribution in [0.2, 0.25) is 5.28 Å². The van der Waals surface area contributed by atoms with Crippen LogP contribution in [-0.2, 0) is 0 Å². The minimum absolute atomic E-state index is 0.00405. The second-order valence-corrected chi connectivity index (χ2v) is 5.42. The normalized spacial score (nSPS) is 10.5. The van der Waals surface area contributed by atoms with Gasteiger partial charge in [-0.1, -0.05) is 0 Å². The van der Waals surface area contributed by atoms with Gasteiger partial charge in [0.25, 0.3) is 0 Å². The van der Waals surface area contributed by atoms with Crippen LogP contribution in [0.5, 0.6) is 5.75 Å². The van der Waals surface area contributed by atoms with Crippen molar-refractivity contribution in [2.24, 2.45) is 0 Å². The van der Waals surface area contributed by atoms with Crippen LogP contribution < -0.4 is 10.1 Å². The third-order valence-electron chi connectivity index (χ3n) is 2.83. The van der Waals surface area contributed by atoms with Gasteiger partial charge in [0.2, 0.25) is 5.28 Å². The van der Waals surface area contributed by atoms with E-state index in [2.05, 4.69) is 20.3 Å². The Morgan fingerprint density at radius 2 is 2.00 bits per heavy atom. The van der Waals surface area contributed by atoms with Crippen molar-refractivity contribution in [2.75, 3.05) is 12.4 Å². The van der Waals surface area contributed by atoms with Gasteiger partial charge >= 0.3 is 0 Å². The highest BCUT2D eigenvalue weighted by Gasteiger charge is 2.10. The topological polar surface area (TPSA) is 59.9 Å². The first kappa shape index (κ1) is 14.7. The molecule has 22 heavy (non-hydrogen) atoms. The van der Waals surface area contributed by atoms with Crippen LogP contribution in [0.15, 0.2) is 35.8 Å². The fraction of sp³-hybridized carbons (Fsp3) is 0.0714. The zero-order valence-electron chi connectivity index (χ0n) is 11.4. The molecule has 0 bridgehead atoms. The fourth-order valence-corrected chi connectivity index (χ4v) is 2.61. The third-order valence-corrected chi connectivity index (χ3v) is 3.77. The molecule has 0 radical (unpaired) electrons. The first-order valence-electron chi connectivity index (χ1n) is 6.21. The number of hydrogen-bond acceptors (Lipinski definition) is 6. The fourth-order valence-electron chi connectivity index (χ4n) is 1.76. The van der Waals surface area contributed by atoms with E-state index in [4.69, 9.17) is 16.3 Å². The Morgan fingerprint density at radius 3 is 2.73 bits per heavy atom. The molecular formula is C14H10ClFN4OS. The van der Waals surface area contributed by atoms with Gasteiger partial charge in [0, 0.05) is 10.9 Å². The predicted octanol–water partition coefficient (Wildman–Crippen LogP) is 4.14. The van der Waals surface area contributed by atoms with Crippen LogP contribution in [0.4, 0.5) is 15.3 Å². The summed E-state index contributed by atoms with van der Waals surface area (Å²) in [6, 6.07) is 7.51. The molecule has 0 unspecified atom stereocenters. The average Bonchev–Trinajstić information content (AvgIpc) is 2.99. The van der Waals surface area contributed by atoms with E-state index in [9.17, 15) is 4.39 Å². The first-order valence-corrected chi connectivity index (χ1v) is 7.46. The quantitative estimate of drug-likeness (QED) is 0.725. The minimum Gasteiger partial charge on any atom is -0.497 e. The van der Waals surface area contributed by atoms with Crippen molar-refractivity contribution in [3.8, 4) is 17.0 Å². The third kappa shape index (κ3) is 3.15. The van der Waals surface area contributed by atoms with E-state index in [1.54, 1.807) is 7.11 Å². The summed E-state index contributed by atoms with van der Waals surface area (Å²) < 4.78 is 18.7. The lowest BCUT2D eigenvalue weighted by molar-refractivity contribution is 0.415. The maximum Gasteiger partial charge on any atom is 0.224 e. The van der Waals surface area contributed by atoms with Gasteiger partial charge in [0.05, 0.1) is 19.0 Å². The summed E-state index contributed by atoms with van der Waals surface area (Å²) in [5, 5.41) is 5.15. The first-order chi connectivity index (χ1) is 10.7. The van der Waals surface area contributed by atoms with Crippen LogP contribution in [0.1, 0.15) is 0 Å². The number of methoxy groups -OCH3 is 1. The van der Waals surface area contributed by atoms with Crippen LogP contribution in [-0.4, -0.2) is 22.1 Å². The van der Waals surface area contributed by atoms with E-state index in [0.29, 0.717) is 5.13 Å². The molecule has 8 heteroatoms. The van der Waals surface area contributed by atoms with Crippen LogP contribution >= 0.6 is 22.9 Å². The van der Waals surface area contributed by atoms with Crippen molar-refractivity contribution in [1.29, 1.82) is 0 Å². The van der Waals surface area contributed by atoms with E-state index in [1.165, 1.54) is 11.3 Å². The van der Waals surface area contributed by atoms with Gasteiger partial charge in [-0.15, -0.1) is 11.3 Å². The van der Waals surface area contributed by atoms with E-state index in [0.717, 1.165) is 23.2 Å². The largest absolute Gasteiger partial charge is 0.497 e. The molecule has 0 aliphatic rings. The summed E-state index contributed by atoms with van der Waals surface area (Å²) in [5.41, 5.74) is 1.71. The molecule has 1 aromatic carbocycles. The molecule has 0 saturated carbocycles. The highest BCUT2D eigenvalue weighted by Crippen LogP contribution is 2.28. The summed E-state index contributed by atoms with van der Waals surface area (Å²) in [4.78, 5) is 11.8. The summed E-state index contributed by atoms with van der Waals surface area (Å²) in [5.74, 6) is 0.177. The number of anilines is 2. The molecule has 2 aromatic heterocycles. The summed E-state index contributed by atoms with van der Waals surface area (Å²) in [6.45, 7) is 0. The highest BCUT2D eigenvalue weighted by molar-refractivity contribution is 7.14. The standard InChI is InChI=1S/C14H10ClFN4OS/c1-21-9-4-2-8(3-5-9)11-7-22-14(18-11)20-12-10(16)6-17-13(15)19-12/h2-7H,1H3,(H,17,18,19,20). The summed E-state index contributed by atoms with van der Waals surface area (Å²) in [6.07, 6.45) is 1.01. The van der Waals surface area contributed by atoms with E-state index in [-0.39, 0.29) is 11.1 Å². The molecule has 0 aliphatic heterocycles. The Morgan fingerprint density at radius 1 is 1.23 bits per heavy atom. The number of halogens is 2. The maximum atomic E-state index is 13.6. The van der Waals surface area contributed by atoms with Crippen molar-refractivity contribution in [2.45, 2.75) is 0 Å². The second-order valence-electron chi connectivity index (χ2n) is 4.23. The van der Waals surface area contributed by atoms with Gasteiger partial charge in [-0.3, -0.25) is 0 Å². The molecule has 0 aliphatic carbocycles. The number of hydrogen-bond donors (Lipinski definition) is 1. The number of benzene rings is 1. The van der Waals surface area contributed by atoms with Crippen molar-refractivity contribution in [1.82, 2.24) is 15.0 Å². The summed E-state index contributed by atoms with van der Waals surface area (Å²) in [7, 11) is 1.61. The molecule has 112 valence electrons. The Balaban J connectivity index is 1.82. The van der Waals surface area contributed by atoms with Gasteiger partial charge in [-0.2, -0.15) is 4.98 Å². The van der Waals surface area contributed by atoms with Crippen molar-refractivity contribution >= 4 is 33.9 Å². The zero-order chi connectivity index (χ0) is 15.5. The van der Waals surface area contributed by atoms with Gasteiger partial charge in [0.15, 0.2) is 16.8 Å². The Bertz CT molecular complexity index is 794. The number of rotatable bonds is 4.